The third kappa shape index (κ3) is 3.01. The molecule has 102 valence electrons. The lowest BCUT2D eigenvalue weighted by molar-refractivity contribution is -0.140. The molecule has 0 aliphatic rings. The normalized spacial score (nSPS) is 10.9. The van der Waals surface area contributed by atoms with Crippen LogP contribution in [0.1, 0.15) is 31.9 Å². The molecule has 0 spiro atoms. The molecule has 0 radical (unpaired) electrons. The molecule has 2 heterocycles. The quantitative estimate of drug-likeness (QED) is 0.832. The first-order valence-electron chi connectivity index (χ1n) is 6.26. The fourth-order valence-corrected chi connectivity index (χ4v) is 1.74. The van der Waals surface area contributed by atoms with E-state index in [-0.39, 0.29) is 5.97 Å². The molecule has 0 aliphatic heterocycles. The number of carbonyl (C=O) groups excluding carboxylic acids is 1. The van der Waals surface area contributed by atoms with Gasteiger partial charge in [0.15, 0.2) is 5.82 Å². The number of esters is 1. The molecule has 0 unspecified atom stereocenters. The van der Waals surface area contributed by atoms with Gasteiger partial charge in [-0.2, -0.15) is 5.10 Å². The van der Waals surface area contributed by atoms with Crippen molar-refractivity contribution in [2.75, 3.05) is 19.0 Å². The molecular formula is C13H18N4O2. The number of ether oxygens (including phenoxy) is 1. The third-order valence-corrected chi connectivity index (χ3v) is 2.85. The van der Waals surface area contributed by atoms with Crippen LogP contribution in [0.3, 0.4) is 0 Å². The largest absolute Gasteiger partial charge is 0.469 e. The minimum Gasteiger partial charge on any atom is -0.469 e. The van der Waals surface area contributed by atoms with Gasteiger partial charge in [0.25, 0.3) is 0 Å². The molecule has 1 N–H and O–H groups in total. The minimum absolute atomic E-state index is 0.240. The predicted octanol–water partition coefficient (Wildman–Crippen LogP) is 1.83. The first-order chi connectivity index (χ1) is 9.11. The molecule has 2 rings (SSSR count). The van der Waals surface area contributed by atoms with Gasteiger partial charge in [-0.25, -0.2) is 9.50 Å². The van der Waals surface area contributed by atoms with Gasteiger partial charge in [-0.15, -0.1) is 0 Å². The van der Waals surface area contributed by atoms with E-state index in [9.17, 15) is 4.79 Å². The Bertz CT molecular complexity index is 577. The molecule has 0 atom stereocenters. The number of nitrogens with zero attached hydrogens (tertiary/aromatic N) is 3. The smallest absolute Gasteiger partial charge is 0.307 e. The maximum absolute atomic E-state index is 11.1. The average molecular weight is 262 g/mol. The zero-order valence-corrected chi connectivity index (χ0v) is 11.4. The Morgan fingerprint density at radius 3 is 3.00 bits per heavy atom. The van der Waals surface area contributed by atoms with E-state index in [2.05, 4.69) is 34.0 Å². The van der Waals surface area contributed by atoms with Gasteiger partial charge < -0.3 is 10.1 Å². The summed E-state index contributed by atoms with van der Waals surface area (Å²) in [5, 5.41) is 7.61. The van der Waals surface area contributed by atoms with Gasteiger partial charge in [-0.1, -0.05) is 13.8 Å². The van der Waals surface area contributed by atoms with Crippen molar-refractivity contribution in [3.05, 3.63) is 24.2 Å². The van der Waals surface area contributed by atoms with Crippen molar-refractivity contribution in [1.29, 1.82) is 0 Å². The summed E-state index contributed by atoms with van der Waals surface area (Å²) < 4.78 is 6.39. The highest BCUT2D eigenvalue weighted by Crippen LogP contribution is 2.19. The van der Waals surface area contributed by atoms with Crippen molar-refractivity contribution in [3.63, 3.8) is 0 Å². The van der Waals surface area contributed by atoms with Gasteiger partial charge in [0, 0.05) is 18.9 Å². The van der Waals surface area contributed by atoms with Crippen LogP contribution in [0.25, 0.3) is 5.52 Å². The first-order valence-corrected chi connectivity index (χ1v) is 6.26. The van der Waals surface area contributed by atoms with Crippen molar-refractivity contribution in [3.8, 4) is 0 Å². The summed E-state index contributed by atoms with van der Waals surface area (Å²) >= 11 is 0. The number of nitrogens with one attached hydrogen (secondary N) is 1. The Morgan fingerprint density at radius 2 is 2.32 bits per heavy atom. The van der Waals surface area contributed by atoms with Gasteiger partial charge in [-0.05, 0) is 12.0 Å². The maximum Gasteiger partial charge on any atom is 0.307 e. The zero-order chi connectivity index (χ0) is 13.8. The van der Waals surface area contributed by atoms with E-state index in [4.69, 9.17) is 0 Å². The molecule has 0 aromatic carbocycles. The van der Waals surface area contributed by atoms with E-state index in [1.54, 1.807) is 10.7 Å². The minimum atomic E-state index is -0.240. The SMILES string of the molecule is COC(=O)CCNc1nccn2nc(C(C)C)cc12. The lowest BCUT2D eigenvalue weighted by Gasteiger charge is -2.05. The van der Waals surface area contributed by atoms with Crippen molar-refractivity contribution < 1.29 is 9.53 Å². The molecule has 19 heavy (non-hydrogen) atoms. The van der Waals surface area contributed by atoms with E-state index >= 15 is 0 Å². The topological polar surface area (TPSA) is 68.5 Å². The number of anilines is 1. The first kappa shape index (κ1) is 13.3. The second kappa shape index (κ2) is 5.69. The summed E-state index contributed by atoms with van der Waals surface area (Å²) in [6, 6.07) is 2.01. The molecule has 0 amide bonds. The van der Waals surface area contributed by atoms with Crippen molar-refractivity contribution in [2.45, 2.75) is 26.2 Å². The van der Waals surface area contributed by atoms with Gasteiger partial charge >= 0.3 is 5.97 Å². The number of carbonyl (C=O) groups is 1. The van der Waals surface area contributed by atoms with E-state index in [1.807, 2.05) is 12.3 Å². The average Bonchev–Trinajstić information content (AvgIpc) is 2.83. The number of fused-ring (bicyclic) bond motifs is 1. The summed E-state index contributed by atoms with van der Waals surface area (Å²) in [6.45, 7) is 4.68. The zero-order valence-electron chi connectivity index (χ0n) is 11.4. The lowest BCUT2D eigenvalue weighted by atomic mass is 10.1. The summed E-state index contributed by atoms with van der Waals surface area (Å²) in [7, 11) is 1.38. The molecule has 0 saturated heterocycles. The molecule has 0 bridgehead atoms. The van der Waals surface area contributed by atoms with Gasteiger partial charge in [-0.3, -0.25) is 4.79 Å². The molecule has 6 nitrogen and oxygen atoms in total. The van der Waals surface area contributed by atoms with E-state index in [0.29, 0.717) is 18.9 Å². The molecule has 2 aromatic heterocycles. The highest BCUT2D eigenvalue weighted by molar-refractivity contribution is 5.71. The second-order valence-corrected chi connectivity index (χ2v) is 4.58. The Balaban J connectivity index is 2.16. The summed E-state index contributed by atoms with van der Waals surface area (Å²) in [6.07, 6.45) is 3.81. The number of hydrogen-bond donors (Lipinski definition) is 1. The lowest BCUT2D eigenvalue weighted by Crippen LogP contribution is -2.11. The summed E-state index contributed by atoms with van der Waals surface area (Å²) in [5.74, 6) is 0.851. The van der Waals surface area contributed by atoms with Crippen LogP contribution in [-0.4, -0.2) is 34.2 Å². The Morgan fingerprint density at radius 1 is 1.53 bits per heavy atom. The van der Waals surface area contributed by atoms with Gasteiger partial charge in [0.05, 0.1) is 19.2 Å². The molecule has 2 aromatic rings. The summed E-state index contributed by atoms with van der Waals surface area (Å²) in [5.41, 5.74) is 1.93. The molecule has 0 fully saturated rings. The van der Waals surface area contributed by atoms with E-state index in [1.165, 1.54) is 7.11 Å². The Kier molecular flexibility index (Phi) is 3.99. The van der Waals surface area contributed by atoms with Gasteiger partial charge in [0.2, 0.25) is 0 Å². The highest BCUT2D eigenvalue weighted by Gasteiger charge is 2.09. The van der Waals surface area contributed by atoms with Crippen LogP contribution in [0.5, 0.6) is 0 Å². The molecule has 6 heteroatoms. The molecular weight excluding hydrogens is 244 g/mol. The van der Waals surface area contributed by atoms with Crippen LogP contribution in [0.2, 0.25) is 0 Å². The van der Waals surface area contributed by atoms with Crippen LogP contribution < -0.4 is 5.32 Å². The summed E-state index contributed by atoms with van der Waals surface area (Å²) in [4.78, 5) is 15.3. The van der Waals surface area contributed by atoms with Crippen LogP contribution in [-0.2, 0) is 9.53 Å². The van der Waals surface area contributed by atoms with E-state index < -0.39 is 0 Å². The molecule has 0 aliphatic carbocycles. The van der Waals surface area contributed by atoms with Crippen LogP contribution in [0, 0.1) is 0 Å². The number of aromatic nitrogens is 3. The van der Waals surface area contributed by atoms with Crippen molar-refractivity contribution >= 4 is 17.3 Å². The second-order valence-electron chi connectivity index (χ2n) is 4.58. The third-order valence-electron chi connectivity index (χ3n) is 2.85. The van der Waals surface area contributed by atoms with Gasteiger partial charge in [0.1, 0.15) is 5.52 Å². The van der Waals surface area contributed by atoms with Crippen LogP contribution in [0.4, 0.5) is 5.82 Å². The molecule has 0 saturated carbocycles. The van der Waals surface area contributed by atoms with Crippen LogP contribution >= 0.6 is 0 Å². The van der Waals surface area contributed by atoms with E-state index in [0.717, 1.165) is 17.0 Å². The maximum atomic E-state index is 11.1. The fourth-order valence-electron chi connectivity index (χ4n) is 1.74. The predicted molar refractivity (Wildman–Crippen MR) is 72.2 cm³/mol. The van der Waals surface area contributed by atoms with Crippen molar-refractivity contribution in [1.82, 2.24) is 14.6 Å². The Hall–Kier alpha value is -2.11. The fraction of sp³-hybridized carbons (Fsp3) is 0.462. The van der Waals surface area contributed by atoms with Crippen molar-refractivity contribution in [2.24, 2.45) is 0 Å². The monoisotopic (exact) mass is 262 g/mol. The standard InChI is InChI=1S/C13H18N4O2/c1-9(2)10-8-11-13(14-5-4-12(18)19-3)15-6-7-17(11)16-10/h6-9H,4-5H2,1-3H3,(H,14,15). The Labute approximate surface area is 111 Å². The van der Waals surface area contributed by atoms with Crippen LogP contribution in [0.15, 0.2) is 18.5 Å². The highest BCUT2D eigenvalue weighted by atomic mass is 16.5. The number of hydrogen-bond acceptors (Lipinski definition) is 5. The number of methoxy groups -OCH3 is 1. The number of rotatable bonds is 5.